The molecule has 0 aliphatic carbocycles. The lowest BCUT2D eigenvalue weighted by atomic mass is 10.1. The molecule has 0 fully saturated rings. The molecule has 0 atom stereocenters. The van der Waals surface area contributed by atoms with Crippen LogP contribution < -0.4 is 10.6 Å². The average Bonchev–Trinajstić information content (AvgIpc) is 2.44. The molecule has 21 heavy (non-hydrogen) atoms. The Balaban J connectivity index is 2.47. The molecule has 1 rings (SSSR count). The van der Waals surface area contributed by atoms with Crippen LogP contribution in [0.25, 0.3) is 0 Å². The van der Waals surface area contributed by atoms with Gasteiger partial charge in [0, 0.05) is 27.2 Å². The van der Waals surface area contributed by atoms with Gasteiger partial charge in [-0.1, -0.05) is 29.8 Å². The summed E-state index contributed by atoms with van der Waals surface area (Å²) in [5.74, 6) is 0.672. The summed E-state index contributed by atoms with van der Waals surface area (Å²) in [5.41, 5.74) is 2.56. The Hall–Kier alpha value is -2.04. The van der Waals surface area contributed by atoms with Crippen molar-refractivity contribution in [3.05, 3.63) is 35.4 Å². The van der Waals surface area contributed by atoms with E-state index in [9.17, 15) is 4.79 Å². The minimum atomic E-state index is -0.00844. The van der Waals surface area contributed by atoms with Gasteiger partial charge in [0.1, 0.15) is 6.54 Å². The molecule has 1 aromatic rings. The van der Waals surface area contributed by atoms with Gasteiger partial charge in [-0.15, -0.1) is 0 Å². The van der Waals surface area contributed by atoms with E-state index in [1.165, 1.54) is 11.1 Å². The van der Waals surface area contributed by atoms with Crippen LogP contribution in [0.15, 0.2) is 29.3 Å². The molecule has 0 spiro atoms. The highest BCUT2D eigenvalue weighted by Gasteiger charge is 2.03. The van der Waals surface area contributed by atoms with Gasteiger partial charge in [0.2, 0.25) is 5.91 Å². The molecule has 0 unspecified atom stereocenters. The average molecular weight is 290 g/mol. The van der Waals surface area contributed by atoms with Crippen LogP contribution in [0.5, 0.6) is 0 Å². The van der Waals surface area contributed by atoms with Crippen LogP contribution in [0.4, 0.5) is 0 Å². The van der Waals surface area contributed by atoms with Crippen molar-refractivity contribution in [2.24, 2.45) is 4.99 Å². The first-order valence-electron chi connectivity index (χ1n) is 7.30. The number of guanidine groups is 1. The normalized spacial score (nSPS) is 11.1. The molecule has 2 N–H and O–H groups in total. The summed E-state index contributed by atoms with van der Waals surface area (Å²) >= 11 is 0. The first kappa shape index (κ1) is 17.0. The van der Waals surface area contributed by atoms with Crippen LogP contribution in [0.1, 0.15) is 18.1 Å². The number of likely N-dealkylation sites (N-methyl/N-ethyl adjacent to an activating group) is 1. The van der Waals surface area contributed by atoms with E-state index in [0.717, 1.165) is 19.5 Å². The van der Waals surface area contributed by atoms with Gasteiger partial charge in [0.15, 0.2) is 5.96 Å². The van der Waals surface area contributed by atoms with E-state index >= 15 is 0 Å². The van der Waals surface area contributed by atoms with Gasteiger partial charge < -0.3 is 15.5 Å². The molecule has 0 saturated heterocycles. The Morgan fingerprint density at radius 2 is 2.05 bits per heavy atom. The quantitative estimate of drug-likeness (QED) is 0.611. The molecule has 0 aliphatic heterocycles. The van der Waals surface area contributed by atoms with Crippen molar-refractivity contribution in [2.75, 3.05) is 33.7 Å². The zero-order valence-electron chi connectivity index (χ0n) is 13.4. The van der Waals surface area contributed by atoms with E-state index in [0.29, 0.717) is 5.96 Å². The summed E-state index contributed by atoms with van der Waals surface area (Å²) < 4.78 is 0. The highest BCUT2D eigenvalue weighted by atomic mass is 16.2. The maximum absolute atomic E-state index is 11.5. The number of aliphatic imine (C=N–C) groups is 1. The van der Waals surface area contributed by atoms with Gasteiger partial charge in [0.25, 0.3) is 0 Å². The molecule has 0 heterocycles. The van der Waals surface area contributed by atoms with Gasteiger partial charge >= 0.3 is 0 Å². The van der Waals surface area contributed by atoms with E-state index in [-0.39, 0.29) is 12.5 Å². The van der Waals surface area contributed by atoms with Gasteiger partial charge in [-0.2, -0.15) is 0 Å². The molecule has 0 saturated carbocycles. The summed E-state index contributed by atoms with van der Waals surface area (Å²) in [5, 5.41) is 6.39. The van der Waals surface area contributed by atoms with Gasteiger partial charge in [-0.05, 0) is 25.8 Å². The summed E-state index contributed by atoms with van der Waals surface area (Å²) in [6.45, 7) is 5.81. The Morgan fingerprint density at radius 1 is 1.29 bits per heavy atom. The highest BCUT2D eigenvalue weighted by Crippen LogP contribution is 2.03. The van der Waals surface area contributed by atoms with Crippen molar-refractivity contribution >= 4 is 11.9 Å². The van der Waals surface area contributed by atoms with E-state index in [1.807, 2.05) is 6.92 Å². The third kappa shape index (κ3) is 6.79. The third-order valence-corrected chi connectivity index (χ3v) is 3.00. The first-order valence-corrected chi connectivity index (χ1v) is 7.30. The Morgan fingerprint density at radius 3 is 2.67 bits per heavy atom. The van der Waals surface area contributed by atoms with E-state index in [1.54, 1.807) is 19.0 Å². The lowest BCUT2D eigenvalue weighted by molar-refractivity contribution is -0.127. The van der Waals surface area contributed by atoms with Crippen LogP contribution >= 0.6 is 0 Å². The Bertz CT molecular complexity index is 483. The SMILES string of the molecule is CCNC(=NCC(=O)N(C)C)NCCc1cccc(C)c1. The van der Waals surface area contributed by atoms with Gasteiger partial charge in [-0.3, -0.25) is 4.79 Å². The number of rotatable bonds is 6. The topological polar surface area (TPSA) is 56.7 Å². The minimum absolute atomic E-state index is 0.00844. The molecule has 0 bridgehead atoms. The van der Waals surface area contributed by atoms with Crippen molar-refractivity contribution in [3.63, 3.8) is 0 Å². The molecule has 5 nitrogen and oxygen atoms in total. The number of nitrogens with one attached hydrogen (secondary N) is 2. The van der Waals surface area contributed by atoms with Crippen molar-refractivity contribution in [2.45, 2.75) is 20.3 Å². The van der Waals surface area contributed by atoms with Gasteiger partial charge in [-0.25, -0.2) is 4.99 Å². The monoisotopic (exact) mass is 290 g/mol. The molecular weight excluding hydrogens is 264 g/mol. The van der Waals surface area contributed by atoms with Crippen LogP contribution in [0.3, 0.4) is 0 Å². The number of hydrogen-bond acceptors (Lipinski definition) is 2. The van der Waals surface area contributed by atoms with Crippen molar-refractivity contribution < 1.29 is 4.79 Å². The van der Waals surface area contributed by atoms with E-state index < -0.39 is 0 Å². The summed E-state index contributed by atoms with van der Waals surface area (Å²) in [7, 11) is 3.46. The number of hydrogen-bond donors (Lipinski definition) is 2. The first-order chi connectivity index (χ1) is 10.0. The summed E-state index contributed by atoms with van der Waals surface area (Å²) in [6, 6.07) is 8.46. The number of carbonyl (C=O) groups is 1. The second-order valence-electron chi connectivity index (χ2n) is 5.15. The smallest absolute Gasteiger partial charge is 0.243 e. The number of amides is 1. The molecule has 0 aliphatic rings. The molecular formula is C16H26N4O. The standard InChI is InChI=1S/C16H26N4O/c1-5-17-16(19-12-15(21)20(3)4)18-10-9-14-8-6-7-13(2)11-14/h6-8,11H,5,9-10,12H2,1-4H3,(H2,17,18,19). The minimum Gasteiger partial charge on any atom is -0.357 e. The number of nitrogens with zero attached hydrogens (tertiary/aromatic N) is 2. The fourth-order valence-electron chi connectivity index (χ4n) is 1.82. The maximum atomic E-state index is 11.5. The predicted octanol–water partition coefficient (Wildman–Crippen LogP) is 1.18. The molecule has 1 amide bonds. The zero-order chi connectivity index (χ0) is 15.7. The summed E-state index contributed by atoms with van der Waals surface area (Å²) in [4.78, 5) is 17.4. The zero-order valence-corrected chi connectivity index (χ0v) is 13.4. The molecule has 0 radical (unpaired) electrons. The van der Waals surface area contributed by atoms with E-state index in [4.69, 9.17) is 0 Å². The molecule has 1 aromatic carbocycles. The van der Waals surface area contributed by atoms with E-state index in [2.05, 4.69) is 46.8 Å². The second kappa shape index (κ2) is 9.00. The summed E-state index contributed by atoms with van der Waals surface area (Å²) in [6.07, 6.45) is 0.924. The fraction of sp³-hybridized carbons (Fsp3) is 0.500. The highest BCUT2D eigenvalue weighted by molar-refractivity contribution is 5.84. The van der Waals surface area contributed by atoms with Crippen molar-refractivity contribution in [1.82, 2.24) is 15.5 Å². The molecule has 5 heteroatoms. The lowest BCUT2D eigenvalue weighted by Gasteiger charge is -2.12. The third-order valence-electron chi connectivity index (χ3n) is 3.00. The van der Waals surface area contributed by atoms with Crippen molar-refractivity contribution in [1.29, 1.82) is 0 Å². The maximum Gasteiger partial charge on any atom is 0.243 e. The van der Waals surface area contributed by atoms with Crippen LogP contribution in [-0.4, -0.2) is 50.5 Å². The Labute approximate surface area is 127 Å². The number of aryl methyl sites for hydroxylation is 1. The molecule has 116 valence electrons. The van der Waals surface area contributed by atoms with Crippen LogP contribution in [0, 0.1) is 6.92 Å². The van der Waals surface area contributed by atoms with Crippen LogP contribution in [0.2, 0.25) is 0 Å². The second-order valence-corrected chi connectivity index (χ2v) is 5.15. The predicted molar refractivity (Wildman–Crippen MR) is 87.6 cm³/mol. The fourth-order valence-corrected chi connectivity index (χ4v) is 1.82. The number of carbonyl (C=O) groups excluding carboxylic acids is 1. The molecule has 0 aromatic heterocycles. The van der Waals surface area contributed by atoms with Crippen LogP contribution in [-0.2, 0) is 11.2 Å². The van der Waals surface area contributed by atoms with Gasteiger partial charge in [0.05, 0.1) is 0 Å². The van der Waals surface area contributed by atoms with Crippen molar-refractivity contribution in [3.8, 4) is 0 Å². The largest absolute Gasteiger partial charge is 0.357 e. The Kier molecular flexibility index (Phi) is 7.29. The number of benzene rings is 1. The lowest BCUT2D eigenvalue weighted by Crippen LogP contribution is -2.39.